The van der Waals surface area contributed by atoms with Crippen molar-refractivity contribution in [3.8, 4) is 11.5 Å². The topological polar surface area (TPSA) is 76.7 Å². The summed E-state index contributed by atoms with van der Waals surface area (Å²) in [6.45, 7) is 3.06. The second-order valence-corrected chi connectivity index (χ2v) is 8.21. The van der Waals surface area contributed by atoms with Crippen molar-refractivity contribution in [1.29, 1.82) is 0 Å². The van der Waals surface area contributed by atoms with Gasteiger partial charge < -0.3 is 20.1 Å². The van der Waals surface area contributed by atoms with Crippen LogP contribution in [0.2, 0.25) is 0 Å². The van der Waals surface area contributed by atoms with E-state index >= 15 is 0 Å². The van der Waals surface area contributed by atoms with Crippen LogP contribution in [0.25, 0.3) is 6.08 Å². The summed E-state index contributed by atoms with van der Waals surface area (Å²) in [7, 11) is 0. The van der Waals surface area contributed by atoms with Crippen LogP contribution in [0.15, 0.2) is 84.6 Å². The fraction of sp³-hybridized carbons (Fsp3) is 0.214. The Kier molecular flexibility index (Phi) is 7.73. The van der Waals surface area contributed by atoms with Gasteiger partial charge in [-0.05, 0) is 67.8 Å². The zero-order valence-corrected chi connectivity index (χ0v) is 19.1. The third-order valence-electron chi connectivity index (χ3n) is 5.47. The van der Waals surface area contributed by atoms with Crippen LogP contribution in [0.4, 0.5) is 0 Å². The maximum absolute atomic E-state index is 13.0. The molecule has 174 valence electrons. The molecule has 0 radical (unpaired) electrons. The van der Waals surface area contributed by atoms with Gasteiger partial charge in [0.2, 0.25) is 0 Å². The van der Waals surface area contributed by atoms with Crippen molar-refractivity contribution in [3.63, 3.8) is 0 Å². The quantitative estimate of drug-likeness (QED) is 0.475. The number of amides is 2. The Hall–Kier alpha value is -3.90. The lowest BCUT2D eigenvalue weighted by Crippen LogP contribution is -2.38. The second kappa shape index (κ2) is 11.3. The van der Waals surface area contributed by atoms with Gasteiger partial charge >= 0.3 is 0 Å². The van der Waals surface area contributed by atoms with Crippen molar-refractivity contribution < 1.29 is 19.1 Å². The molecule has 1 saturated heterocycles. The van der Waals surface area contributed by atoms with Crippen molar-refractivity contribution >= 4 is 17.9 Å². The van der Waals surface area contributed by atoms with Gasteiger partial charge in [0, 0.05) is 18.7 Å². The monoisotopic (exact) mass is 456 g/mol. The highest BCUT2D eigenvalue weighted by Gasteiger charge is 2.19. The van der Waals surface area contributed by atoms with Gasteiger partial charge in [0.1, 0.15) is 17.2 Å². The Labute approximate surface area is 199 Å². The lowest BCUT2D eigenvalue weighted by Gasteiger charge is -2.14. The summed E-state index contributed by atoms with van der Waals surface area (Å²) in [6, 6.07) is 24.0. The molecule has 6 heteroatoms. The van der Waals surface area contributed by atoms with E-state index in [-0.39, 0.29) is 23.6 Å². The van der Waals surface area contributed by atoms with Crippen LogP contribution < -0.4 is 15.4 Å². The molecule has 6 nitrogen and oxygen atoms in total. The molecule has 2 N–H and O–H groups in total. The molecule has 1 fully saturated rings. The lowest BCUT2D eigenvalue weighted by atomic mass is 10.1. The number of benzene rings is 3. The maximum atomic E-state index is 13.0. The van der Waals surface area contributed by atoms with Crippen molar-refractivity contribution in [2.45, 2.75) is 25.9 Å². The van der Waals surface area contributed by atoms with Crippen LogP contribution >= 0.6 is 0 Å². The van der Waals surface area contributed by atoms with Gasteiger partial charge in [-0.2, -0.15) is 0 Å². The Bertz CT molecular complexity index is 1150. The zero-order valence-electron chi connectivity index (χ0n) is 19.1. The summed E-state index contributed by atoms with van der Waals surface area (Å²) < 4.78 is 11.5. The van der Waals surface area contributed by atoms with E-state index in [0.717, 1.165) is 24.0 Å². The first-order valence-corrected chi connectivity index (χ1v) is 11.4. The molecule has 1 heterocycles. The van der Waals surface area contributed by atoms with Crippen molar-refractivity contribution in [1.82, 2.24) is 10.6 Å². The van der Waals surface area contributed by atoms with E-state index in [1.807, 2.05) is 73.7 Å². The predicted octanol–water partition coefficient (Wildman–Crippen LogP) is 4.85. The van der Waals surface area contributed by atoms with Gasteiger partial charge in [-0.15, -0.1) is 0 Å². The van der Waals surface area contributed by atoms with E-state index in [1.54, 1.807) is 18.2 Å². The highest BCUT2D eigenvalue weighted by Crippen LogP contribution is 2.23. The summed E-state index contributed by atoms with van der Waals surface area (Å²) in [5, 5.41) is 5.66. The molecule has 0 bridgehead atoms. The molecule has 34 heavy (non-hydrogen) atoms. The third kappa shape index (κ3) is 6.56. The zero-order chi connectivity index (χ0) is 23.8. The first-order valence-electron chi connectivity index (χ1n) is 11.4. The standard InChI is InChI=1S/C28H28N2O4/c1-20-12-14-22(15-13-20)27(31)30-26(28(32)29-19-25-11-6-16-33-25)18-21-7-5-10-24(17-21)34-23-8-3-2-4-9-23/h2-5,7-10,12-15,17-18,25H,6,11,16,19H2,1H3,(H,29,32)(H,30,31)/b26-18-/t25-/m0/s1. The summed E-state index contributed by atoms with van der Waals surface area (Å²) in [6.07, 6.45) is 3.55. The molecule has 3 aromatic rings. The Morgan fingerprint density at radius 1 is 1.00 bits per heavy atom. The molecular weight excluding hydrogens is 428 g/mol. The molecule has 0 saturated carbocycles. The molecule has 1 aliphatic heterocycles. The Morgan fingerprint density at radius 2 is 1.76 bits per heavy atom. The first kappa shape index (κ1) is 23.3. The maximum Gasteiger partial charge on any atom is 0.267 e. The van der Waals surface area contributed by atoms with E-state index in [4.69, 9.17) is 9.47 Å². The first-order chi connectivity index (χ1) is 16.6. The SMILES string of the molecule is Cc1ccc(C(=O)N/C(=C\c2cccc(Oc3ccccc3)c2)C(=O)NC[C@@H]2CCCO2)cc1. The molecule has 3 aromatic carbocycles. The number of hydrogen-bond acceptors (Lipinski definition) is 4. The van der Waals surface area contributed by atoms with Crippen LogP contribution in [0.3, 0.4) is 0 Å². The molecule has 4 rings (SSSR count). The fourth-order valence-corrected chi connectivity index (χ4v) is 3.62. The molecular formula is C28H28N2O4. The van der Waals surface area contributed by atoms with Crippen molar-refractivity contribution in [3.05, 3.63) is 101 Å². The highest BCUT2D eigenvalue weighted by atomic mass is 16.5. The van der Waals surface area contributed by atoms with E-state index in [9.17, 15) is 9.59 Å². The Morgan fingerprint density at radius 3 is 2.50 bits per heavy atom. The number of hydrogen-bond donors (Lipinski definition) is 2. The number of nitrogens with one attached hydrogen (secondary N) is 2. The van der Waals surface area contributed by atoms with Gasteiger partial charge in [0.25, 0.3) is 11.8 Å². The van der Waals surface area contributed by atoms with Crippen LogP contribution in [-0.4, -0.2) is 31.1 Å². The minimum absolute atomic E-state index is 0.000556. The molecule has 0 spiro atoms. The third-order valence-corrected chi connectivity index (χ3v) is 5.47. The van der Waals surface area contributed by atoms with Gasteiger partial charge in [-0.3, -0.25) is 9.59 Å². The Balaban J connectivity index is 1.54. The largest absolute Gasteiger partial charge is 0.457 e. The van der Waals surface area contributed by atoms with Crippen molar-refractivity contribution in [2.24, 2.45) is 0 Å². The van der Waals surface area contributed by atoms with Crippen LogP contribution in [0, 0.1) is 6.92 Å². The number of carbonyl (C=O) groups excluding carboxylic acids is 2. The number of para-hydroxylation sites is 1. The van der Waals surface area contributed by atoms with E-state index in [1.165, 1.54) is 0 Å². The minimum Gasteiger partial charge on any atom is -0.457 e. The molecule has 1 aliphatic rings. The summed E-state index contributed by atoms with van der Waals surface area (Å²) in [5.74, 6) is 0.621. The molecule has 1 atom stereocenters. The predicted molar refractivity (Wildman–Crippen MR) is 132 cm³/mol. The van der Waals surface area contributed by atoms with E-state index in [0.29, 0.717) is 30.2 Å². The molecule has 0 aliphatic carbocycles. The summed E-state index contributed by atoms with van der Waals surface area (Å²) >= 11 is 0. The van der Waals surface area contributed by atoms with Gasteiger partial charge in [0.15, 0.2) is 0 Å². The van der Waals surface area contributed by atoms with Crippen LogP contribution in [-0.2, 0) is 9.53 Å². The normalized spacial score (nSPS) is 15.6. The highest BCUT2D eigenvalue weighted by molar-refractivity contribution is 6.05. The average Bonchev–Trinajstić information content (AvgIpc) is 3.37. The van der Waals surface area contributed by atoms with E-state index < -0.39 is 0 Å². The van der Waals surface area contributed by atoms with Gasteiger partial charge in [0.05, 0.1) is 6.10 Å². The summed E-state index contributed by atoms with van der Waals surface area (Å²) in [4.78, 5) is 25.9. The van der Waals surface area contributed by atoms with E-state index in [2.05, 4.69) is 10.6 Å². The summed E-state index contributed by atoms with van der Waals surface area (Å²) in [5.41, 5.74) is 2.40. The van der Waals surface area contributed by atoms with Gasteiger partial charge in [-0.1, -0.05) is 48.0 Å². The van der Waals surface area contributed by atoms with Crippen molar-refractivity contribution in [2.75, 3.05) is 13.2 Å². The minimum atomic E-state index is -0.370. The number of aryl methyl sites for hydroxylation is 1. The average molecular weight is 457 g/mol. The molecule has 0 unspecified atom stereocenters. The second-order valence-electron chi connectivity index (χ2n) is 8.21. The number of rotatable bonds is 8. The smallest absolute Gasteiger partial charge is 0.267 e. The number of ether oxygens (including phenoxy) is 2. The number of carbonyl (C=O) groups is 2. The fourth-order valence-electron chi connectivity index (χ4n) is 3.62. The lowest BCUT2D eigenvalue weighted by molar-refractivity contribution is -0.118. The molecule has 0 aromatic heterocycles. The van der Waals surface area contributed by atoms with Crippen LogP contribution in [0.1, 0.15) is 34.3 Å². The van der Waals surface area contributed by atoms with Gasteiger partial charge in [-0.25, -0.2) is 0 Å². The molecule has 2 amide bonds. The van der Waals surface area contributed by atoms with Crippen LogP contribution in [0.5, 0.6) is 11.5 Å².